The van der Waals surface area contributed by atoms with Crippen LogP contribution in [0.25, 0.3) is 0 Å². The van der Waals surface area contributed by atoms with Gasteiger partial charge in [0, 0.05) is 6.54 Å². The molecule has 2 aliphatic rings. The molecule has 2 heterocycles. The molecule has 0 saturated carbocycles. The average Bonchev–Trinajstić information content (AvgIpc) is 2.96. The molecule has 1 aromatic carbocycles. The summed E-state index contributed by atoms with van der Waals surface area (Å²) in [5.41, 5.74) is -0.772. The van der Waals surface area contributed by atoms with Crippen LogP contribution in [0.4, 0.5) is 13.2 Å². The second kappa shape index (κ2) is 6.47. The number of allylic oxidation sites excluding steroid dienone is 1. The number of nitrogens with zero attached hydrogens (tertiary/aromatic N) is 1. The van der Waals surface area contributed by atoms with Crippen molar-refractivity contribution in [3.63, 3.8) is 0 Å². The smallest absolute Gasteiger partial charge is 0.416 e. The van der Waals surface area contributed by atoms with Crippen LogP contribution in [0.1, 0.15) is 36.4 Å². The minimum atomic E-state index is -4.51. The summed E-state index contributed by atoms with van der Waals surface area (Å²) >= 11 is 0. The quantitative estimate of drug-likeness (QED) is 0.900. The molecule has 7 heteroatoms. The van der Waals surface area contributed by atoms with Crippen molar-refractivity contribution in [3.05, 3.63) is 47.2 Å². The lowest BCUT2D eigenvalue weighted by atomic mass is 9.97. The summed E-state index contributed by atoms with van der Waals surface area (Å²) in [6.07, 6.45) is -2.14. The van der Waals surface area contributed by atoms with E-state index in [1.165, 1.54) is 23.1 Å². The Morgan fingerprint density at radius 1 is 1.29 bits per heavy atom. The maximum Gasteiger partial charge on any atom is 0.416 e. The number of ether oxygens (including phenoxy) is 1. The molecule has 1 aromatic rings. The van der Waals surface area contributed by atoms with Gasteiger partial charge >= 0.3 is 6.18 Å². The first-order chi connectivity index (χ1) is 11.4. The summed E-state index contributed by atoms with van der Waals surface area (Å²) < 4.78 is 45.2. The standard InChI is InChI=1S/C17H18F3NO3/c18-17(19,20)13-6-2-1-5-12(13)14-9-11(22)10-21(14)16(23)15-7-3-4-8-24-15/h1-2,5-7,11,14,22H,3-4,8-10H2/t11-,14+/m0/s1. The van der Waals surface area contributed by atoms with Crippen molar-refractivity contribution in [2.45, 2.75) is 37.6 Å². The van der Waals surface area contributed by atoms with Crippen molar-refractivity contribution in [2.24, 2.45) is 0 Å². The lowest BCUT2D eigenvalue weighted by Crippen LogP contribution is -2.35. The number of benzene rings is 1. The van der Waals surface area contributed by atoms with E-state index in [9.17, 15) is 23.1 Å². The third-order valence-electron chi connectivity index (χ3n) is 4.31. The number of hydrogen-bond donors (Lipinski definition) is 1. The Labute approximate surface area is 137 Å². The van der Waals surface area contributed by atoms with Gasteiger partial charge in [0.15, 0.2) is 5.76 Å². The third-order valence-corrected chi connectivity index (χ3v) is 4.31. The zero-order valence-electron chi connectivity index (χ0n) is 12.9. The van der Waals surface area contributed by atoms with E-state index in [1.807, 2.05) is 0 Å². The Balaban J connectivity index is 1.94. The predicted molar refractivity (Wildman–Crippen MR) is 79.8 cm³/mol. The fourth-order valence-corrected chi connectivity index (χ4v) is 3.23. The molecular weight excluding hydrogens is 323 g/mol. The summed E-state index contributed by atoms with van der Waals surface area (Å²) in [7, 11) is 0. The van der Waals surface area contributed by atoms with Crippen LogP contribution in [-0.2, 0) is 15.7 Å². The second-order valence-electron chi connectivity index (χ2n) is 6.01. The number of amides is 1. The summed E-state index contributed by atoms with van der Waals surface area (Å²) in [4.78, 5) is 13.9. The van der Waals surface area contributed by atoms with Gasteiger partial charge in [0.05, 0.1) is 24.3 Å². The second-order valence-corrected chi connectivity index (χ2v) is 6.01. The van der Waals surface area contributed by atoms with Crippen molar-refractivity contribution in [2.75, 3.05) is 13.2 Å². The maximum atomic E-state index is 13.3. The molecule has 4 nitrogen and oxygen atoms in total. The highest BCUT2D eigenvalue weighted by atomic mass is 19.4. The Morgan fingerprint density at radius 2 is 2.04 bits per heavy atom. The van der Waals surface area contributed by atoms with Crippen LogP contribution in [0.5, 0.6) is 0 Å². The Hall–Kier alpha value is -2.02. The molecule has 0 aliphatic carbocycles. The van der Waals surface area contributed by atoms with Gasteiger partial charge in [-0.1, -0.05) is 18.2 Å². The fourth-order valence-electron chi connectivity index (χ4n) is 3.23. The largest absolute Gasteiger partial charge is 0.488 e. The Kier molecular flexibility index (Phi) is 4.54. The molecule has 0 unspecified atom stereocenters. The van der Waals surface area contributed by atoms with Crippen molar-refractivity contribution >= 4 is 5.91 Å². The lowest BCUT2D eigenvalue weighted by Gasteiger charge is -2.28. The number of rotatable bonds is 2. The molecule has 2 atom stereocenters. The van der Waals surface area contributed by atoms with E-state index in [0.29, 0.717) is 13.0 Å². The lowest BCUT2D eigenvalue weighted by molar-refractivity contribution is -0.140. The average molecular weight is 341 g/mol. The number of β-amino-alcohol motifs (C(OH)–C–C–N with tert-alkyl or cyclic N) is 1. The summed E-state index contributed by atoms with van der Waals surface area (Å²) in [5.74, 6) is -0.307. The molecule has 130 valence electrons. The molecule has 1 amide bonds. The van der Waals surface area contributed by atoms with Gasteiger partial charge in [-0.3, -0.25) is 4.79 Å². The zero-order valence-corrected chi connectivity index (χ0v) is 12.9. The number of aliphatic hydroxyl groups excluding tert-OH is 1. The molecule has 1 fully saturated rings. The number of alkyl halides is 3. The van der Waals surface area contributed by atoms with Crippen LogP contribution in [0.15, 0.2) is 36.1 Å². The number of carbonyl (C=O) groups is 1. The normalized spacial score (nSPS) is 24.5. The number of likely N-dealkylation sites (tertiary alicyclic amines) is 1. The van der Waals surface area contributed by atoms with Gasteiger partial charge < -0.3 is 14.7 Å². The Bertz CT molecular complexity index is 657. The SMILES string of the molecule is O=C(C1=CCCCO1)N1C[C@@H](O)C[C@@H]1c1ccccc1C(F)(F)F. The molecule has 0 spiro atoms. The van der Waals surface area contributed by atoms with Crippen molar-refractivity contribution in [1.82, 2.24) is 4.90 Å². The Morgan fingerprint density at radius 3 is 2.71 bits per heavy atom. The monoisotopic (exact) mass is 341 g/mol. The van der Waals surface area contributed by atoms with Crippen LogP contribution in [0.2, 0.25) is 0 Å². The van der Waals surface area contributed by atoms with E-state index in [2.05, 4.69) is 0 Å². The van der Waals surface area contributed by atoms with E-state index >= 15 is 0 Å². The number of carbonyl (C=O) groups excluding carboxylic acids is 1. The molecule has 2 aliphatic heterocycles. The first kappa shape index (κ1) is 16.8. The minimum absolute atomic E-state index is 0.00358. The first-order valence-corrected chi connectivity index (χ1v) is 7.86. The molecule has 1 saturated heterocycles. The highest BCUT2D eigenvalue weighted by Gasteiger charge is 2.42. The van der Waals surface area contributed by atoms with E-state index in [1.54, 1.807) is 6.08 Å². The molecule has 24 heavy (non-hydrogen) atoms. The van der Waals surface area contributed by atoms with E-state index in [0.717, 1.165) is 12.5 Å². The molecule has 1 N–H and O–H groups in total. The molecule has 3 rings (SSSR count). The molecule has 0 aromatic heterocycles. The fraction of sp³-hybridized carbons (Fsp3) is 0.471. The molecule has 0 bridgehead atoms. The first-order valence-electron chi connectivity index (χ1n) is 7.86. The van der Waals surface area contributed by atoms with Crippen LogP contribution in [0.3, 0.4) is 0 Å². The highest BCUT2D eigenvalue weighted by molar-refractivity contribution is 5.92. The summed E-state index contributed by atoms with van der Waals surface area (Å²) in [5, 5.41) is 9.94. The number of aliphatic hydroxyl groups is 1. The van der Waals surface area contributed by atoms with Gasteiger partial charge in [0.2, 0.25) is 0 Å². The number of halogens is 3. The van der Waals surface area contributed by atoms with E-state index < -0.39 is 29.8 Å². The summed E-state index contributed by atoms with van der Waals surface area (Å²) in [6.45, 7) is 0.411. The van der Waals surface area contributed by atoms with Crippen molar-refractivity contribution < 1.29 is 27.8 Å². The van der Waals surface area contributed by atoms with E-state index in [-0.39, 0.29) is 24.3 Å². The topological polar surface area (TPSA) is 49.8 Å². The van der Waals surface area contributed by atoms with Gasteiger partial charge in [-0.15, -0.1) is 0 Å². The third kappa shape index (κ3) is 3.26. The van der Waals surface area contributed by atoms with Crippen LogP contribution < -0.4 is 0 Å². The van der Waals surface area contributed by atoms with Gasteiger partial charge in [-0.05, 0) is 37.0 Å². The number of hydrogen-bond acceptors (Lipinski definition) is 3. The van der Waals surface area contributed by atoms with Crippen molar-refractivity contribution in [3.8, 4) is 0 Å². The van der Waals surface area contributed by atoms with Gasteiger partial charge in [-0.25, -0.2) is 0 Å². The maximum absolute atomic E-state index is 13.3. The van der Waals surface area contributed by atoms with Gasteiger partial charge in [0.25, 0.3) is 5.91 Å². The zero-order chi connectivity index (χ0) is 17.3. The van der Waals surface area contributed by atoms with E-state index in [4.69, 9.17) is 4.74 Å². The van der Waals surface area contributed by atoms with Crippen molar-refractivity contribution in [1.29, 1.82) is 0 Å². The van der Waals surface area contributed by atoms with Gasteiger partial charge in [0.1, 0.15) is 0 Å². The summed E-state index contributed by atoms with van der Waals surface area (Å²) in [6, 6.07) is 4.36. The predicted octanol–water partition coefficient (Wildman–Crippen LogP) is 3.03. The molecule has 0 radical (unpaired) electrons. The molecular formula is C17H18F3NO3. The van der Waals surface area contributed by atoms with Crippen LogP contribution in [0, 0.1) is 0 Å². The van der Waals surface area contributed by atoms with Crippen LogP contribution in [-0.4, -0.2) is 35.2 Å². The minimum Gasteiger partial charge on any atom is -0.488 e. The van der Waals surface area contributed by atoms with Gasteiger partial charge in [-0.2, -0.15) is 13.2 Å². The van der Waals surface area contributed by atoms with Crippen LogP contribution >= 0.6 is 0 Å². The highest BCUT2D eigenvalue weighted by Crippen LogP contribution is 2.41.